The first-order valence-corrected chi connectivity index (χ1v) is 6.46. The van der Waals surface area contributed by atoms with Gasteiger partial charge in [-0.15, -0.1) is 0 Å². The van der Waals surface area contributed by atoms with Crippen molar-refractivity contribution in [1.82, 2.24) is 0 Å². The molecule has 0 bridgehead atoms. The predicted molar refractivity (Wildman–Crippen MR) is 70.6 cm³/mol. The van der Waals surface area contributed by atoms with Gasteiger partial charge in [0.2, 0.25) is 0 Å². The van der Waals surface area contributed by atoms with Crippen LogP contribution in [0.4, 0.5) is 0 Å². The van der Waals surface area contributed by atoms with E-state index in [1.807, 2.05) is 0 Å². The standard InChI is InChI=1S/C14H22N2/c1-11-3-5-13(6-4-11)16-14-9-7-12(15-2)8-10-14/h12,14H,1-10H2. The molecule has 0 unspecified atom stereocenters. The number of hydrogen-bond donors (Lipinski definition) is 0. The third-order valence-electron chi connectivity index (χ3n) is 3.82. The fourth-order valence-corrected chi connectivity index (χ4v) is 2.65. The lowest BCUT2D eigenvalue weighted by atomic mass is 9.90. The SMILES string of the molecule is C=NC1CCC(N=C2CCC(=C)CC2)CC1. The fraction of sp³-hybridized carbons (Fsp3) is 0.714. The maximum Gasteiger partial charge on any atom is 0.0500 e. The van der Waals surface area contributed by atoms with Gasteiger partial charge in [0.05, 0.1) is 6.04 Å². The molecule has 0 saturated heterocycles. The molecule has 16 heavy (non-hydrogen) atoms. The molecule has 0 amide bonds. The molecule has 0 aromatic rings. The van der Waals surface area contributed by atoms with Crippen LogP contribution in [0.1, 0.15) is 51.4 Å². The number of rotatable bonds is 2. The monoisotopic (exact) mass is 218 g/mol. The molecule has 2 rings (SSSR count). The van der Waals surface area contributed by atoms with Gasteiger partial charge in [-0.2, -0.15) is 0 Å². The van der Waals surface area contributed by atoms with Crippen molar-refractivity contribution >= 4 is 12.4 Å². The van der Waals surface area contributed by atoms with Crippen molar-refractivity contribution in [3.8, 4) is 0 Å². The van der Waals surface area contributed by atoms with Crippen molar-refractivity contribution in [3.05, 3.63) is 12.2 Å². The van der Waals surface area contributed by atoms with E-state index in [2.05, 4.69) is 18.3 Å². The van der Waals surface area contributed by atoms with Gasteiger partial charge in [0.1, 0.15) is 0 Å². The van der Waals surface area contributed by atoms with Crippen LogP contribution in [0, 0.1) is 0 Å². The van der Waals surface area contributed by atoms with Crippen LogP contribution in [0.15, 0.2) is 22.1 Å². The maximum atomic E-state index is 4.91. The lowest BCUT2D eigenvalue weighted by molar-refractivity contribution is 0.398. The molecule has 2 aliphatic carbocycles. The molecular formula is C14H22N2. The van der Waals surface area contributed by atoms with Crippen LogP contribution in [0.3, 0.4) is 0 Å². The summed E-state index contributed by atoms with van der Waals surface area (Å²) in [5.41, 5.74) is 2.83. The summed E-state index contributed by atoms with van der Waals surface area (Å²) in [6, 6.07) is 1.07. The summed E-state index contributed by atoms with van der Waals surface area (Å²) in [5.74, 6) is 0. The van der Waals surface area contributed by atoms with Crippen LogP contribution in [0.25, 0.3) is 0 Å². The molecule has 0 radical (unpaired) electrons. The van der Waals surface area contributed by atoms with Crippen molar-refractivity contribution in [2.45, 2.75) is 63.5 Å². The van der Waals surface area contributed by atoms with Crippen molar-refractivity contribution < 1.29 is 0 Å². The lowest BCUT2D eigenvalue weighted by Gasteiger charge is -2.25. The molecule has 2 aliphatic rings. The first-order valence-electron chi connectivity index (χ1n) is 6.46. The zero-order valence-electron chi connectivity index (χ0n) is 10.1. The van der Waals surface area contributed by atoms with Crippen LogP contribution in [0.2, 0.25) is 0 Å². The highest BCUT2D eigenvalue weighted by atomic mass is 14.8. The van der Waals surface area contributed by atoms with Crippen LogP contribution in [-0.4, -0.2) is 24.5 Å². The van der Waals surface area contributed by atoms with Crippen molar-refractivity contribution in [1.29, 1.82) is 0 Å². The van der Waals surface area contributed by atoms with Crippen molar-refractivity contribution in [3.63, 3.8) is 0 Å². The Balaban J connectivity index is 1.83. The predicted octanol–water partition coefficient (Wildman–Crippen LogP) is 3.57. The smallest absolute Gasteiger partial charge is 0.0500 e. The molecular weight excluding hydrogens is 196 g/mol. The third-order valence-corrected chi connectivity index (χ3v) is 3.82. The number of nitrogens with zero attached hydrogens (tertiary/aromatic N) is 2. The van der Waals surface area contributed by atoms with Crippen LogP contribution in [-0.2, 0) is 0 Å². The molecule has 88 valence electrons. The molecule has 2 heteroatoms. The van der Waals surface area contributed by atoms with E-state index < -0.39 is 0 Å². The molecule has 0 atom stereocenters. The second-order valence-electron chi connectivity index (χ2n) is 5.09. The summed E-state index contributed by atoms with van der Waals surface area (Å²) in [4.78, 5) is 9.04. The first-order chi connectivity index (χ1) is 7.78. The average molecular weight is 218 g/mol. The zero-order chi connectivity index (χ0) is 11.4. The van der Waals surface area contributed by atoms with E-state index >= 15 is 0 Å². The third kappa shape index (κ3) is 3.03. The molecule has 0 aliphatic heterocycles. The molecule has 2 saturated carbocycles. The Morgan fingerprint density at radius 2 is 1.44 bits per heavy atom. The maximum absolute atomic E-state index is 4.91. The van der Waals surface area contributed by atoms with E-state index in [0.717, 1.165) is 25.7 Å². The minimum absolute atomic E-state index is 0.502. The van der Waals surface area contributed by atoms with Gasteiger partial charge < -0.3 is 0 Å². The minimum atomic E-state index is 0.502. The van der Waals surface area contributed by atoms with Crippen LogP contribution >= 0.6 is 0 Å². The second kappa shape index (κ2) is 5.42. The van der Waals surface area contributed by atoms with E-state index in [4.69, 9.17) is 4.99 Å². The van der Waals surface area contributed by atoms with Gasteiger partial charge in [-0.3, -0.25) is 9.98 Å². The lowest BCUT2D eigenvalue weighted by Crippen LogP contribution is -2.21. The van der Waals surface area contributed by atoms with E-state index in [1.165, 1.54) is 37.0 Å². The molecule has 2 nitrogen and oxygen atoms in total. The van der Waals surface area contributed by atoms with Gasteiger partial charge in [-0.05, 0) is 58.1 Å². The minimum Gasteiger partial charge on any atom is -0.298 e. The summed E-state index contributed by atoms with van der Waals surface area (Å²) in [6.07, 6.45) is 9.37. The highest BCUT2D eigenvalue weighted by Gasteiger charge is 2.20. The highest BCUT2D eigenvalue weighted by Crippen LogP contribution is 2.26. The molecule has 0 spiro atoms. The summed E-state index contributed by atoms with van der Waals surface area (Å²) >= 11 is 0. The Kier molecular flexibility index (Phi) is 3.92. The summed E-state index contributed by atoms with van der Waals surface area (Å²) in [5, 5.41) is 0. The van der Waals surface area contributed by atoms with E-state index in [-0.39, 0.29) is 0 Å². The molecule has 0 aromatic carbocycles. The molecule has 0 aromatic heterocycles. The van der Waals surface area contributed by atoms with Crippen molar-refractivity contribution in [2.75, 3.05) is 0 Å². The Morgan fingerprint density at radius 1 is 0.875 bits per heavy atom. The van der Waals surface area contributed by atoms with Gasteiger partial charge in [-0.1, -0.05) is 12.2 Å². The number of allylic oxidation sites excluding steroid dienone is 1. The fourth-order valence-electron chi connectivity index (χ4n) is 2.65. The Bertz CT molecular complexity index is 284. The average Bonchev–Trinajstić information content (AvgIpc) is 2.33. The first kappa shape index (κ1) is 11.6. The molecule has 0 N–H and O–H groups in total. The second-order valence-corrected chi connectivity index (χ2v) is 5.09. The van der Waals surface area contributed by atoms with E-state index in [0.29, 0.717) is 12.1 Å². The topological polar surface area (TPSA) is 24.7 Å². The van der Waals surface area contributed by atoms with Crippen LogP contribution < -0.4 is 0 Å². The normalized spacial score (nSPS) is 31.2. The van der Waals surface area contributed by atoms with Gasteiger partial charge in [0.15, 0.2) is 0 Å². The van der Waals surface area contributed by atoms with E-state index in [9.17, 15) is 0 Å². The van der Waals surface area contributed by atoms with Gasteiger partial charge in [0, 0.05) is 11.8 Å². The highest BCUT2D eigenvalue weighted by molar-refractivity contribution is 5.86. The zero-order valence-corrected chi connectivity index (χ0v) is 10.1. The molecule has 0 heterocycles. The van der Waals surface area contributed by atoms with Gasteiger partial charge >= 0.3 is 0 Å². The van der Waals surface area contributed by atoms with Gasteiger partial charge in [0.25, 0.3) is 0 Å². The summed E-state index contributed by atoms with van der Waals surface area (Å²) in [7, 11) is 0. The number of hydrogen-bond acceptors (Lipinski definition) is 2. The summed E-state index contributed by atoms with van der Waals surface area (Å²) < 4.78 is 0. The Morgan fingerprint density at radius 3 is 2.00 bits per heavy atom. The number of aliphatic imine (C=N–C) groups is 2. The summed E-state index contributed by atoms with van der Waals surface area (Å²) in [6.45, 7) is 7.68. The molecule has 2 fully saturated rings. The Hall–Kier alpha value is -0.920. The van der Waals surface area contributed by atoms with Gasteiger partial charge in [-0.25, -0.2) is 0 Å². The quantitative estimate of drug-likeness (QED) is 0.500. The largest absolute Gasteiger partial charge is 0.298 e. The van der Waals surface area contributed by atoms with E-state index in [1.54, 1.807) is 0 Å². The van der Waals surface area contributed by atoms with Crippen LogP contribution in [0.5, 0.6) is 0 Å². The Labute approximate surface area is 98.6 Å². The van der Waals surface area contributed by atoms with Crippen molar-refractivity contribution in [2.24, 2.45) is 9.98 Å².